The van der Waals surface area contributed by atoms with E-state index in [0.717, 1.165) is 18.9 Å². The molecule has 0 aliphatic carbocycles. The molecular formula is C17H24F3NO3. The van der Waals surface area contributed by atoms with Crippen molar-refractivity contribution in [3.8, 4) is 5.75 Å². The highest BCUT2D eigenvalue weighted by atomic mass is 19.4. The van der Waals surface area contributed by atoms with Crippen molar-refractivity contribution in [2.24, 2.45) is 0 Å². The molecule has 0 saturated heterocycles. The van der Waals surface area contributed by atoms with Gasteiger partial charge in [0, 0.05) is 12.8 Å². The average Bonchev–Trinajstić information content (AvgIpc) is 2.53. The Bertz CT molecular complexity index is 561. The topological polar surface area (TPSA) is 47.6 Å². The van der Waals surface area contributed by atoms with E-state index < -0.39 is 23.2 Å². The smallest absolute Gasteiger partial charge is 0.420 e. The van der Waals surface area contributed by atoms with Crippen molar-refractivity contribution in [3.63, 3.8) is 0 Å². The maximum Gasteiger partial charge on any atom is 0.420 e. The lowest BCUT2D eigenvalue weighted by molar-refractivity contribution is -0.139. The van der Waals surface area contributed by atoms with Gasteiger partial charge in [0.1, 0.15) is 11.4 Å². The summed E-state index contributed by atoms with van der Waals surface area (Å²) in [7, 11) is 1.41. The van der Waals surface area contributed by atoms with E-state index in [2.05, 4.69) is 5.32 Å². The van der Waals surface area contributed by atoms with Crippen molar-refractivity contribution in [3.05, 3.63) is 23.8 Å². The van der Waals surface area contributed by atoms with Crippen molar-refractivity contribution in [2.45, 2.75) is 51.8 Å². The van der Waals surface area contributed by atoms with Crippen molar-refractivity contribution in [1.29, 1.82) is 0 Å². The number of carbonyl (C=O) groups excluding carboxylic acids is 1. The Morgan fingerprint density at radius 2 is 1.92 bits per heavy atom. The molecule has 24 heavy (non-hydrogen) atoms. The highest BCUT2D eigenvalue weighted by molar-refractivity contribution is 5.97. The second kappa shape index (κ2) is 8.37. The lowest BCUT2D eigenvalue weighted by Gasteiger charge is -2.27. The first-order valence-electron chi connectivity index (χ1n) is 7.88. The Kier molecular flexibility index (Phi) is 7.08. The molecule has 1 amide bonds. The van der Waals surface area contributed by atoms with Crippen LogP contribution < -0.4 is 10.1 Å². The number of hydrogen-bond acceptors (Lipinski definition) is 3. The van der Waals surface area contributed by atoms with Gasteiger partial charge in [-0.05, 0) is 38.5 Å². The molecule has 0 fully saturated rings. The zero-order valence-electron chi connectivity index (χ0n) is 14.4. The fourth-order valence-electron chi connectivity index (χ4n) is 2.20. The predicted molar refractivity (Wildman–Crippen MR) is 86.2 cm³/mol. The number of rotatable bonds is 8. The van der Waals surface area contributed by atoms with Gasteiger partial charge >= 0.3 is 6.18 Å². The Hall–Kier alpha value is -1.76. The number of halogens is 3. The van der Waals surface area contributed by atoms with E-state index in [1.54, 1.807) is 13.8 Å². The number of amides is 1. The highest BCUT2D eigenvalue weighted by Crippen LogP contribution is 2.38. The van der Waals surface area contributed by atoms with Crippen LogP contribution >= 0.6 is 0 Å². The fourth-order valence-corrected chi connectivity index (χ4v) is 2.20. The molecule has 0 saturated carbocycles. The molecule has 1 aromatic carbocycles. The zero-order chi connectivity index (χ0) is 18.4. The molecule has 0 radical (unpaired) electrons. The summed E-state index contributed by atoms with van der Waals surface area (Å²) in [5, 5.41) is 2.50. The first-order valence-corrected chi connectivity index (χ1v) is 7.88. The summed E-state index contributed by atoms with van der Waals surface area (Å²) >= 11 is 0. The molecule has 0 bridgehead atoms. The summed E-state index contributed by atoms with van der Waals surface area (Å²) in [6.07, 6.45) is -2.44. The van der Waals surface area contributed by atoms with E-state index in [9.17, 15) is 18.0 Å². The van der Waals surface area contributed by atoms with Crippen LogP contribution in [-0.4, -0.2) is 25.2 Å². The monoisotopic (exact) mass is 347 g/mol. The number of hydrogen-bond donors (Lipinski definition) is 1. The molecule has 0 unspecified atom stereocenters. The maximum absolute atomic E-state index is 13.1. The first kappa shape index (κ1) is 20.3. The molecule has 4 nitrogen and oxygen atoms in total. The van der Waals surface area contributed by atoms with Crippen LogP contribution in [0.2, 0.25) is 0 Å². The van der Waals surface area contributed by atoms with Gasteiger partial charge in [-0.25, -0.2) is 0 Å². The Labute approximate surface area is 140 Å². The van der Waals surface area contributed by atoms with Gasteiger partial charge in [0.15, 0.2) is 0 Å². The lowest BCUT2D eigenvalue weighted by atomic mass is 9.97. The molecule has 136 valence electrons. The van der Waals surface area contributed by atoms with Crippen molar-refractivity contribution >= 4 is 11.6 Å². The molecule has 1 aromatic rings. The minimum Gasteiger partial charge on any atom is -0.493 e. The third-order valence-electron chi connectivity index (χ3n) is 3.78. The minimum absolute atomic E-state index is 0.0514. The van der Waals surface area contributed by atoms with E-state index in [1.807, 2.05) is 6.92 Å². The minimum atomic E-state index is -4.57. The SMILES string of the molecule is CCCC[C@@](C)(OC)C(=O)Nc1ccc(OCC)c(C(F)(F)F)c1. The van der Waals surface area contributed by atoms with Gasteiger partial charge in [0.05, 0.1) is 12.2 Å². The second-order valence-electron chi connectivity index (χ2n) is 5.63. The van der Waals surface area contributed by atoms with Crippen molar-refractivity contribution in [1.82, 2.24) is 0 Å². The van der Waals surface area contributed by atoms with Gasteiger partial charge in [0.2, 0.25) is 0 Å². The molecule has 1 atom stereocenters. The quantitative estimate of drug-likeness (QED) is 0.745. The maximum atomic E-state index is 13.1. The van der Waals surface area contributed by atoms with Gasteiger partial charge < -0.3 is 14.8 Å². The predicted octanol–water partition coefficient (Wildman–Crippen LogP) is 4.64. The van der Waals surface area contributed by atoms with Crippen molar-refractivity contribution in [2.75, 3.05) is 19.0 Å². The summed E-state index contributed by atoms with van der Waals surface area (Å²) in [4.78, 5) is 12.4. The normalized spacial score (nSPS) is 14.1. The van der Waals surface area contributed by atoms with Crippen molar-refractivity contribution < 1.29 is 27.4 Å². The van der Waals surface area contributed by atoms with Crippen LogP contribution in [0.15, 0.2) is 18.2 Å². The van der Waals surface area contributed by atoms with E-state index >= 15 is 0 Å². The van der Waals surface area contributed by atoms with Gasteiger partial charge in [-0.1, -0.05) is 19.8 Å². The van der Waals surface area contributed by atoms with Gasteiger partial charge in [-0.2, -0.15) is 13.2 Å². The van der Waals surface area contributed by atoms with Gasteiger partial charge in [-0.15, -0.1) is 0 Å². The Morgan fingerprint density at radius 1 is 1.25 bits per heavy atom. The lowest BCUT2D eigenvalue weighted by Crippen LogP contribution is -2.42. The number of carbonyl (C=O) groups is 1. The van der Waals surface area contributed by atoms with E-state index in [1.165, 1.54) is 19.2 Å². The molecule has 0 aliphatic heterocycles. The number of anilines is 1. The van der Waals surface area contributed by atoms with Crippen LogP contribution in [0.1, 0.15) is 45.6 Å². The average molecular weight is 347 g/mol. The number of benzene rings is 1. The molecule has 7 heteroatoms. The standard InChI is InChI=1S/C17H24F3NO3/c1-5-7-10-16(3,23-4)15(22)21-12-8-9-14(24-6-2)13(11-12)17(18,19)20/h8-9,11H,5-7,10H2,1-4H3,(H,21,22)/t16-/m1/s1. The Morgan fingerprint density at radius 3 is 2.42 bits per heavy atom. The van der Waals surface area contributed by atoms with E-state index in [4.69, 9.17) is 9.47 Å². The zero-order valence-corrected chi connectivity index (χ0v) is 14.4. The van der Waals surface area contributed by atoms with Crippen LogP contribution in [0, 0.1) is 0 Å². The highest BCUT2D eigenvalue weighted by Gasteiger charge is 2.36. The summed E-state index contributed by atoms with van der Waals surface area (Å²) in [5.41, 5.74) is -1.96. The van der Waals surface area contributed by atoms with Gasteiger partial charge in [0.25, 0.3) is 5.91 Å². The van der Waals surface area contributed by atoms with Crippen LogP contribution in [-0.2, 0) is 15.7 Å². The van der Waals surface area contributed by atoms with Crippen LogP contribution in [0.5, 0.6) is 5.75 Å². The van der Waals surface area contributed by atoms with E-state index in [-0.39, 0.29) is 18.0 Å². The summed E-state index contributed by atoms with van der Waals surface area (Å²) in [6, 6.07) is 3.46. The molecule has 0 heterocycles. The summed E-state index contributed by atoms with van der Waals surface area (Å²) < 4.78 is 49.7. The first-order chi connectivity index (χ1) is 11.2. The molecule has 1 N–H and O–H groups in total. The third kappa shape index (κ3) is 5.12. The largest absolute Gasteiger partial charge is 0.493 e. The second-order valence-corrected chi connectivity index (χ2v) is 5.63. The van der Waals surface area contributed by atoms with Crippen LogP contribution in [0.3, 0.4) is 0 Å². The summed E-state index contributed by atoms with van der Waals surface area (Å²) in [5.74, 6) is -0.737. The molecular weight excluding hydrogens is 323 g/mol. The molecule has 0 spiro atoms. The number of alkyl halides is 3. The number of ether oxygens (including phenoxy) is 2. The molecule has 1 rings (SSSR count). The number of unbranched alkanes of at least 4 members (excludes halogenated alkanes) is 1. The number of nitrogens with one attached hydrogen (secondary N) is 1. The van der Waals surface area contributed by atoms with Crippen LogP contribution in [0.4, 0.5) is 18.9 Å². The summed E-state index contributed by atoms with van der Waals surface area (Å²) in [6.45, 7) is 5.33. The van der Waals surface area contributed by atoms with Crippen LogP contribution in [0.25, 0.3) is 0 Å². The number of methoxy groups -OCH3 is 1. The van der Waals surface area contributed by atoms with Gasteiger partial charge in [-0.3, -0.25) is 4.79 Å². The Balaban J connectivity index is 3.04. The molecule has 0 aliphatic rings. The third-order valence-corrected chi connectivity index (χ3v) is 3.78. The fraction of sp³-hybridized carbons (Fsp3) is 0.588. The molecule has 0 aromatic heterocycles. The van der Waals surface area contributed by atoms with E-state index in [0.29, 0.717) is 6.42 Å².